The molecule has 25 heavy (non-hydrogen) atoms. The quantitative estimate of drug-likeness (QED) is 0.580. The van der Waals surface area contributed by atoms with Gasteiger partial charge in [-0.1, -0.05) is 6.07 Å². The van der Waals surface area contributed by atoms with Gasteiger partial charge in [0.1, 0.15) is 12.4 Å². The van der Waals surface area contributed by atoms with E-state index in [-0.39, 0.29) is 22.8 Å². The van der Waals surface area contributed by atoms with Crippen LogP contribution >= 0.6 is 0 Å². The summed E-state index contributed by atoms with van der Waals surface area (Å²) in [5, 5.41) is 0. The summed E-state index contributed by atoms with van der Waals surface area (Å²) in [5.74, 6) is -0.292. The smallest absolute Gasteiger partial charge is 0.338 e. The highest BCUT2D eigenvalue weighted by Crippen LogP contribution is 2.22. The highest BCUT2D eigenvalue weighted by molar-refractivity contribution is 7.90. The Morgan fingerprint density at radius 2 is 1.76 bits per heavy atom. The lowest BCUT2D eigenvalue weighted by Crippen LogP contribution is -2.08. The minimum Gasteiger partial charge on any atom is -0.496 e. The number of methoxy groups -OCH3 is 1. The topological polar surface area (TPSA) is 86.7 Å². The number of carbonyl (C=O) groups is 2. The van der Waals surface area contributed by atoms with Crippen LogP contribution in [0, 0.1) is 0 Å². The van der Waals surface area contributed by atoms with Gasteiger partial charge in [-0.2, -0.15) is 0 Å². The third-order valence-corrected chi connectivity index (χ3v) is 4.65. The average Bonchev–Trinajstić information content (AvgIpc) is 2.58. The molecule has 0 spiro atoms. The molecule has 0 bridgehead atoms. The molecule has 0 aliphatic rings. The van der Waals surface area contributed by atoms with Crippen molar-refractivity contribution in [1.82, 2.24) is 0 Å². The molecule has 0 fully saturated rings. The molecule has 7 heteroatoms. The van der Waals surface area contributed by atoms with Gasteiger partial charge >= 0.3 is 5.97 Å². The van der Waals surface area contributed by atoms with Gasteiger partial charge < -0.3 is 9.47 Å². The van der Waals surface area contributed by atoms with Gasteiger partial charge in [0, 0.05) is 17.4 Å². The molecule has 0 unspecified atom stereocenters. The van der Waals surface area contributed by atoms with Gasteiger partial charge in [0.2, 0.25) is 0 Å². The van der Waals surface area contributed by atoms with Gasteiger partial charge in [0.05, 0.1) is 17.6 Å². The molecule has 0 heterocycles. The molecule has 0 radical (unpaired) electrons. The number of hydrogen-bond acceptors (Lipinski definition) is 6. The monoisotopic (exact) mass is 362 g/mol. The maximum Gasteiger partial charge on any atom is 0.338 e. The highest BCUT2D eigenvalue weighted by atomic mass is 32.2. The first kappa shape index (κ1) is 18.7. The fourth-order valence-electron chi connectivity index (χ4n) is 2.19. The molecule has 0 amide bonds. The number of rotatable bonds is 6. The van der Waals surface area contributed by atoms with E-state index in [0.29, 0.717) is 16.9 Å². The van der Waals surface area contributed by atoms with E-state index in [1.54, 1.807) is 18.2 Å². The van der Waals surface area contributed by atoms with Crippen molar-refractivity contribution in [2.45, 2.75) is 18.4 Å². The number of Topliss-reactive ketones (excluding diaryl/α,β-unsaturated/α-hetero) is 1. The zero-order valence-electron chi connectivity index (χ0n) is 14.1. The average molecular weight is 362 g/mol. The van der Waals surface area contributed by atoms with E-state index in [2.05, 4.69) is 0 Å². The Labute approximate surface area is 146 Å². The Kier molecular flexibility index (Phi) is 5.58. The number of hydrogen-bond donors (Lipinski definition) is 0. The zero-order valence-corrected chi connectivity index (χ0v) is 14.9. The number of esters is 1. The van der Waals surface area contributed by atoms with Crippen LogP contribution in [-0.4, -0.2) is 33.5 Å². The lowest BCUT2D eigenvalue weighted by Gasteiger charge is -2.11. The Morgan fingerprint density at radius 1 is 1.04 bits per heavy atom. The molecule has 0 aromatic heterocycles. The van der Waals surface area contributed by atoms with E-state index >= 15 is 0 Å². The molecule has 0 aliphatic carbocycles. The summed E-state index contributed by atoms with van der Waals surface area (Å²) in [5.41, 5.74) is 1.15. The second kappa shape index (κ2) is 7.48. The van der Waals surface area contributed by atoms with Gasteiger partial charge in [-0.3, -0.25) is 4.79 Å². The lowest BCUT2D eigenvalue weighted by atomic mass is 10.1. The Bertz CT molecular complexity index is 915. The van der Waals surface area contributed by atoms with E-state index in [1.165, 1.54) is 38.3 Å². The first-order chi connectivity index (χ1) is 11.7. The summed E-state index contributed by atoms with van der Waals surface area (Å²) in [6.45, 7) is 1.33. The summed E-state index contributed by atoms with van der Waals surface area (Å²) < 4.78 is 33.6. The molecule has 0 saturated heterocycles. The van der Waals surface area contributed by atoms with E-state index in [0.717, 1.165) is 6.26 Å². The van der Waals surface area contributed by atoms with Crippen molar-refractivity contribution < 1.29 is 27.5 Å². The van der Waals surface area contributed by atoms with Crippen LogP contribution < -0.4 is 4.74 Å². The molecule has 0 aliphatic heterocycles. The lowest BCUT2D eigenvalue weighted by molar-refractivity contribution is 0.0470. The van der Waals surface area contributed by atoms with Gasteiger partial charge in [0.25, 0.3) is 0 Å². The summed E-state index contributed by atoms with van der Waals surface area (Å²) in [4.78, 5) is 23.7. The van der Waals surface area contributed by atoms with Crippen LogP contribution in [0.25, 0.3) is 0 Å². The first-order valence-corrected chi connectivity index (χ1v) is 9.26. The molecule has 2 aromatic carbocycles. The summed E-state index contributed by atoms with van der Waals surface area (Å²) >= 11 is 0. The van der Waals surface area contributed by atoms with Crippen molar-refractivity contribution in [2.24, 2.45) is 0 Å². The SMILES string of the molecule is COc1ccc(C(C)=O)cc1COC(=O)c1cccc(S(C)(=O)=O)c1. The van der Waals surface area contributed by atoms with Crippen LogP contribution in [0.5, 0.6) is 5.75 Å². The number of carbonyl (C=O) groups excluding carboxylic acids is 2. The maximum absolute atomic E-state index is 12.2. The van der Waals surface area contributed by atoms with Gasteiger partial charge in [-0.15, -0.1) is 0 Å². The van der Waals surface area contributed by atoms with Gasteiger partial charge in [0.15, 0.2) is 15.6 Å². The van der Waals surface area contributed by atoms with Crippen molar-refractivity contribution >= 4 is 21.6 Å². The van der Waals surface area contributed by atoms with Gasteiger partial charge in [-0.25, -0.2) is 13.2 Å². The zero-order chi connectivity index (χ0) is 18.6. The molecule has 0 atom stereocenters. The van der Waals surface area contributed by atoms with Crippen molar-refractivity contribution in [3.63, 3.8) is 0 Å². The largest absolute Gasteiger partial charge is 0.496 e. The number of sulfone groups is 1. The van der Waals surface area contributed by atoms with Crippen molar-refractivity contribution in [1.29, 1.82) is 0 Å². The maximum atomic E-state index is 12.2. The molecule has 0 N–H and O–H groups in total. The van der Waals surface area contributed by atoms with E-state index < -0.39 is 15.8 Å². The highest BCUT2D eigenvalue weighted by Gasteiger charge is 2.14. The van der Waals surface area contributed by atoms with Crippen molar-refractivity contribution in [3.05, 3.63) is 59.2 Å². The summed E-state index contributed by atoms with van der Waals surface area (Å²) in [6, 6.07) is 10.5. The first-order valence-electron chi connectivity index (χ1n) is 7.37. The minimum absolute atomic E-state index is 0.0399. The Morgan fingerprint density at radius 3 is 2.36 bits per heavy atom. The van der Waals surface area contributed by atoms with Crippen LogP contribution in [0.3, 0.4) is 0 Å². The van der Waals surface area contributed by atoms with Crippen LogP contribution in [0.15, 0.2) is 47.4 Å². The number of ketones is 1. The van der Waals surface area contributed by atoms with E-state index in [1.807, 2.05) is 0 Å². The fraction of sp³-hybridized carbons (Fsp3) is 0.222. The summed E-state index contributed by atoms with van der Waals surface area (Å²) in [6.07, 6.45) is 1.07. The summed E-state index contributed by atoms with van der Waals surface area (Å²) in [7, 11) is -1.94. The number of benzene rings is 2. The van der Waals surface area contributed by atoms with Crippen LogP contribution in [0.2, 0.25) is 0 Å². The van der Waals surface area contributed by atoms with Crippen molar-refractivity contribution in [3.8, 4) is 5.75 Å². The van der Waals surface area contributed by atoms with E-state index in [9.17, 15) is 18.0 Å². The molecule has 0 saturated carbocycles. The molecular weight excluding hydrogens is 344 g/mol. The molecule has 2 aromatic rings. The third kappa shape index (κ3) is 4.67. The standard InChI is InChI=1S/C18H18O6S/c1-12(19)13-7-8-17(23-2)15(9-13)11-24-18(20)14-5-4-6-16(10-14)25(3,21)22/h4-10H,11H2,1-3H3. The van der Waals surface area contributed by atoms with Crippen LogP contribution in [0.4, 0.5) is 0 Å². The predicted molar refractivity (Wildman–Crippen MR) is 91.7 cm³/mol. The fourth-order valence-corrected chi connectivity index (χ4v) is 2.86. The van der Waals surface area contributed by atoms with Gasteiger partial charge in [-0.05, 0) is 43.3 Å². The minimum atomic E-state index is -3.42. The molecule has 132 valence electrons. The molecule has 6 nitrogen and oxygen atoms in total. The third-order valence-electron chi connectivity index (χ3n) is 3.54. The Balaban J connectivity index is 2.20. The molecule has 2 rings (SSSR count). The van der Waals surface area contributed by atoms with Crippen LogP contribution in [-0.2, 0) is 21.2 Å². The molecular formula is C18H18O6S. The second-order valence-corrected chi connectivity index (χ2v) is 7.47. The van der Waals surface area contributed by atoms with Crippen LogP contribution in [0.1, 0.15) is 33.2 Å². The predicted octanol–water partition coefficient (Wildman–Crippen LogP) is 2.66. The van der Waals surface area contributed by atoms with E-state index in [4.69, 9.17) is 9.47 Å². The second-order valence-electron chi connectivity index (χ2n) is 5.46. The van der Waals surface area contributed by atoms with Crippen molar-refractivity contribution in [2.75, 3.05) is 13.4 Å². The Hall–Kier alpha value is -2.67. The normalized spacial score (nSPS) is 11.0. The number of ether oxygens (including phenoxy) is 2.